The van der Waals surface area contributed by atoms with Gasteiger partial charge in [-0.2, -0.15) is 0 Å². The van der Waals surface area contributed by atoms with E-state index in [0.29, 0.717) is 18.1 Å². The van der Waals surface area contributed by atoms with Crippen LogP contribution in [0.5, 0.6) is 0 Å². The van der Waals surface area contributed by atoms with Gasteiger partial charge in [0.05, 0.1) is 6.10 Å². The van der Waals surface area contributed by atoms with Crippen molar-refractivity contribution >= 4 is 0 Å². The molecule has 0 aromatic rings. The highest BCUT2D eigenvalue weighted by Gasteiger charge is 2.21. The van der Waals surface area contributed by atoms with E-state index in [0.717, 1.165) is 13.0 Å². The summed E-state index contributed by atoms with van der Waals surface area (Å²) < 4.78 is 5.46. The lowest BCUT2D eigenvalue weighted by atomic mass is 9.96. The summed E-state index contributed by atoms with van der Waals surface area (Å²) in [5.74, 6) is 0.636. The monoisotopic (exact) mass is 187 g/mol. The number of hydrogen-bond donors (Lipinski definition) is 1. The van der Waals surface area contributed by atoms with Crippen molar-refractivity contribution in [2.45, 2.75) is 52.7 Å². The average Bonchev–Trinajstić information content (AvgIpc) is 2.11. The molecule has 2 nitrogen and oxygen atoms in total. The molecule has 2 atom stereocenters. The lowest BCUT2D eigenvalue weighted by Crippen LogP contribution is -2.44. The van der Waals surface area contributed by atoms with E-state index in [1.54, 1.807) is 7.11 Å². The first-order chi connectivity index (χ1) is 6.17. The van der Waals surface area contributed by atoms with Gasteiger partial charge in [-0.05, 0) is 25.3 Å². The topological polar surface area (TPSA) is 21.3 Å². The number of nitrogens with one attached hydrogen (secondary N) is 1. The lowest BCUT2D eigenvalue weighted by Gasteiger charge is -2.29. The summed E-state index contributed by atoms with van der Waals surface area (Å²) in [5.41, 5.74) is 0. The van der Waals surface area contributed by atoms with Gasteiger partial charge < -0.3 is 10.1 Å². The van der Waals surface area contributed by atoms with Crippen molar-refractivity contribution in [3.63, 3.8) is 0 Å². The largest absolute Gasteiger partial charge is 0.380 e. The second-order valence-electron chi connectivity index (χ2n) is 3.91. The molecule has 0 aromatic carbocycles. The van der Waals surface area contributed by atoms with E-state index >= 15 is 0 Å². The van der Waals surface area contributed by atoms with Crippen molar-refractivity contribution in [1.82, 2.24) is 5.32 Å². The summed E-state index contributed by atoms with van der Waals surface area (Å²) in [4.78, 5) is 0. The molecule has 1 N–H and O–H groups in total. The molecular weight excluding hydrogens is 162 g/mol. The first-order valence-corrected chi connectivity index (χ1v) is 5.43. The van der Waals surface area contributed by atoms with Crippen LogP contribution in [0.1, 0.15) is 40.5 Å². The second-order valence-corrected chi connectivity index (χ2v) is 3.91. The number of rotatable bonds is 7. The maximum absolute atomic E-state index is 5.46. The Morgan fingerprint density at radius 1 is 1.23 bits per heavy atom. The Labute approximate surface area is 83.1 Å². The Morgan fingerprint density at radius 3 is 2.15 bits per heavy atom. The van der Waals surface area contributed by atoms with Crippen molar-refractivity contribution in [3.05, 3.63) is 0 Å². The van der Waals surface area contributed by atoms with Gasteiger partial charge in [0, 0.05) is 13.2 Å². The van der Waals surface area contributed by atoms with Gasteiger partial charge in [-0.1, -0.05) is 27.7 Å². The molecule has 0 saturated carbocycles. The SMILES string of the molecule is CCCNC(C(C)C)C(CC)OC. The van der Waals surface area contributed by atoms with Crippen molar-refractivity contribution in [2.24, 2.45) is 5.92 Å². The van der Waals surface area contributed by atoms with Crippen molar-refractivity contribution in [2.75, 3.05) is 13.7 Å². The predicted octanol–water partition coefficient (Wildman–Crippen LogP) is 2.44. The van der Waals surface area contributed by atoms with E-state index in [-0.39, 0.29) is 0 Å². The minimum absolute atomic E-state index is 0.353. The van der Waals surface area contributed by atoms with Gasteiger partial charge in [-0.15, -0.1) is 0 Å². The third-order valence-electron chi connectivity index (χ3n) is 2.45. The third kappa shape index (κ3) is 4.63. The maximum atomic E-state index is 5.46. The summed E-state index contributed by atoms with van der Waals surface area (Å²) in [6.45, 7) is 9.95. The van der Waals surface area contributed by atoms with E-state index in [4.69, 9.17) is 4.74 Å². The summed E-state index contributed by atoms with van der Waals surface area (Å²) in [7, 11) is 1.80. The van der Waals surface area contributed by atoms with E-state index in [1.807, 2.05) is 0 Å². The molecule has 0 bridgehead atoms. The van der Waals surface area contributed by atoms with E-state index in [9.17, 15) is 0 Å². The van der Waals surface area contributed by atoms with Gasteiger partial charge in [0.15, 0.2) is 0 Å². The van der Waals surface area contributed by atoms with Crippen molar-refractivity contribution < 1.29 is 4.74 Å². The number of ether oxygens (including phenoxy) is 1. The molecule has 2 unspecified atom stereocenters. The van der Waals surface area contributed by atoms with Gasteiger partial charge in [0.2, 0.25) is 0 Å². The number of hydrogen-bond acceptors (Lipinski definition) is 2. The van der Waals surface area contributed by atoms with Gasteiger partial charge in [0.1, 0.15) is 0 Å². The zero-order chi connectivity index (χ0) is 10.3. The molecule has 13 heavy (non-hydrogen) atoms. The van der Waals surface area contributed by atoms with Crippen LogP contribution in [0.2, 0.25) is 0 Å². The van der Waals surface area contributed by atoms with Crippen LogP contribution < -0.4 is 5.32 Å². The fourth-order valence-corrected chi connectivity index (χ4v) is 1.67. The summed E-state index contributed by atoms with van der Waals surface area (Å²) in [5, 5.41) is 3.55. The summed E-state index contributed by atoms with van der Waals surface area (Å²) >= 11 is 0. The van der Waals surface area contributed by atoms with Crippen LogP contribution in [0.4, 0.5) is 0 Å². The molecule has 0 aliphatic rings. The zero-order valence-electron chi connectivity index (χ0n) is 9.76. The minimum atomic E-state index is 0.353. The average molecular weight is 187 g/mol. The Morgan fingerprint density at radius 2 is 1.85 bits per heavy atom. The van der Waals surface area contributed by atoms with Crippen LogP contribution in [-0.2, 0) is 4.74 Å². The Kier molecular flexibility index (Phi) is 7.29. The van der Waals surface area contributed by atoms with Crippen molar-refractivity contribution in [1.29, 1.82) is 0 Å². The standard InChI is InChI=1S/C11H25NO/c1-6-8-12-11(9(3)4)10(7-2)13-5/h9-12H,6-8H2,1-5H3. The second kappa shape index (κ2) is 7.34. The van der Waals surface area contributed by atoms with Crippen molar-refractivity contribution in [3.8, 4) is 0 Å². The molecule has 0 rings (SSSR count). The van der Waals surface area contributed by atoms with Crippen LogP contribution in [0.3, 0.4) is 0 Å². The van der Waals surface area contributed by atoms with Gasteiger partial charge in [0.25, 0.3) is 0 Å². The van der Waals surface area contributed by atoms with Crippen LogP contribution in [-0.4, -0.2) is 25.8 Å². The molecule has 0 amide bonds. The summed E-state index contributed by atoms with van der Waals surface area (Å²) in [6, 6.07) is 0.495. The van der Waals surface area contributed by atoms with E-state index in [2.05, 4.69) is 33.0 Å². The third-order valence-corrected chi connectivity index (χ3v) is 2.45. The van der Waals surface area contributed by atoms with Crippen LogP contribution in [0.25, 0.3) is 0 Å². The first kappa shape index (κ1) is 12.9. The van der Waals surface area contributed by atoms with Gasteiger partial charge in [-0.3, -0.25) is 0 Å². The highest BCUT2D eigenvalue weighted by atomic mass is 16.5. The molecule has 0 radical (unpaired) electrons. The number of methoxy groups -OCH3 is 1. The molecule has 0 fully saturated rings. The highest BCUT2D eigenvalue weighted by Crippen LogP contribution is 2.12. The maximum Gasteiger partial charge on any atom is 0.0724 e. The first-order valence-electron chi connectivity index (χ1n) is 5.43. The van der Waals surface area contributed by atoms with Gasteiger partial charge in [-0.25, -0.2) is 0 Å². The molecule has 0 aliphatic carbocycles. The Bertz CT molecular complexity index is 111. The molecule has 2 heteroatoms. The molecule has 0 heterocycles. The van der Waals surface area contributed by atoms with Crippen LogP contribution >= 0.6 is 0 Å². The van der Waals surface area contributed by atoms with Crippen LogP contribution in [0, 0.1) is 5.92 Å². The molecular formula is C11H25NO. The molecule has 0 aliphatic heterocycles. The van der Waals surface area contributed by atoms with Crippen LogP contribution in [0.15, 0.2) is 0 Å². The molecule has 0 aromatic heterocycles. The smallest absolute Gasteiger partial charge is 0.0724 e. The van der Waals surface area contributed by atoms with E-state index in [1.165, 1.54) is 6.42 Å². The minimum Gasteiger partial charge on any atom is -0.380 e. The predicted molar refractivity (Wildman–Crippen MR) is 58.0 cm³/mol. The zero-order valence-corrected chi connectivity index (χ0v) is 9.76. The Hall–Kier alpha value is -0.0800. The fourth-order valence-electron chi connectivity index (χ4n) is 1.67. The molecule has 0 saturated heterocycles. The normalized spacial score (nSPS) is 16.2. The lowest BCUT2D eigenvalue weighted by molar-refractivity contribution is 0.0501. The summed E-state index contributed by atoms with van der Waals surface area (Å²) in [6.07, 6.45) is 2.62. The highest BCUT2D eigenvalue weighted by molar-refractivity contribution is 4.78. The van der Waals surface area contributed by atoms with Gasteiger partial charge >= 0.3 is 0 Å². The molecule has 80 valence electrons. The molecule has 0 spiro atoms. The quantitative estimate of drug-likeness (QED) is 0.661. The fraction of sp³-hybridized carbons (Fsp3) is 1.00. The van der Waals surface area contributed by atoms with E-state index < -0.39 is 0 Å². The Balaban J connectivity index is 4.04.